The number of hydrogen-bond donors (Lipinski definition) is 1. The molecule has 1 aliphatic heterocycles. The fourth-order valence-corrected chi connectivity index (χ4v) is 2.73. The smallest absolute Gasteiger partial charge is 0.00966 e. The first kappa shape index (κ1) is 14.0. The van der Waals surface area contributed by atoms with Crippen LogP contribution in [0.1, 0.15) is 53.9 Å². The van der Waals surface area contributed by atoms with Crippen LogP contribution in [-0.2, 0) is 0 Å². The Morgan fingerprint density at radius 1 is 1.31 bits per heavy atom. The van der Waals surface area contributed by atoms with Gasteiger partial charge in [0.15, 0.2) is 0 Å². The first-order valence-corrected chi connectivity index (χ1v) is 7.08. The van der Waals surface area contributed by atoms with Crippen molar-refractivity contribution >= 4 is 0 Å². The molecule has 0 aromatic carbocycles. The topological polar surface area (TPSA) is 15.3 Å². The summed E-state index contributed by atoms with van der Waals surface area (Å²) in [5, 5.41) is 3.82. The van der Waals surface area contributed by atoms with Crippen LogP contribution in [0.15, 0.2) is 0 Å². The minimum atomic E-state index is 0.662. The Kier molecular flexibility index (Phi) is 5.77. The van der Waals surface area contributed by atoms with Crippen molar-refractivity contribution in [2.75, 3.05) is 13.1 Å². The van der Waals surface area contributed by atoms with Gasteiger partial charge in [-0.3, -0.25) is 0 Å². The van der Waals surface area contributed by atoms with Gasteiger partial charge < -0.3 is 10.2 Å². The van der Waals surface area contributed by atoms with Crippen LogP contribution in [-0.4, -0.2) is 36.1 Å². The van der Waals surface area contributed by atoms with E-state index in [2.05, 4.69) is 44.8 Å². The first-order chi connectivity index (χ1) is 7.58. The van der Waals surface area contributed by atoms with Crippen molar-refractivity contribution in [2.24, 2.45) is 5.92 Å². The van der Waals surface area contributed by atoms with Crippen LogP contribution in [0, 0.1) is 5.92 Å². The molecule has 1 heterocycles. The quantitative estimate of drug-likeness (QED) is 0.775. The Morgan fingerprint density at radius 2 is 2.00 bits per heavy atom. The lowest BCUT2D eigenvalue weighted by molar-refractivity contribution is 0.134. The molecule has 0 aromatic rings. The number of rotatable bonds is 5. The van der Waals surface area contributed by atoms with Crippen LogP contribution in [0.5, 0.6) is 0 Å². The van der Waals surface area contributed by atoms with Gasteiger partial charge in [0.05, 0.1) is 0 Å². The van der Waals surface area contributed by atoms with Gasteiger partial charge in [0.1, 0.15) is 0 Å². The lowest BCUT2D eigenvalue weighted by Crippen LogP contribution is -2.50. The molecule has 16 heavy (non-hydrogen) atoms. The molecule has 1 fully saturated rings. The minimum Gasteiger partial charge on any atom is -0.311 e. The fraction of sp³-hybridized carbons (Fsp3) is 1.00. The number of likely N-dealkylation sites (tertiary alicyclic amines) is 1. The normalized spacial score (nSPS) is 31.3. The lowest BCUT2D eigenvalue weighted by Gasteiger charge is -2.39. The molecule has 0 bridgehead atoms. The van der Waals surface area contributed by atoms with Crippen molar-refractivity contribution in [3.05, 3.63) is 0 Å². The minimum absolute atomic E-state index is 0.662. The second kappa shape index (κ2) is 6.61. The maximum absolute atomic E-state index is 3.82. The summed E-state index contributed by atoms with van der Waals surface area (Å²) < 4.78 is 0. The van der Waals surface area contributed by atoms with Crippen LogP contribution >= 0.6 is 0 Å². The number of piperidine rings is 1. The summed E-state index contributed by atoms with van der Waals surface area (Å²) in [4.78, 5) is 2.59. The molecule has 0 radical (unpaired) electrons. The van der Waals surface area contributed by atoms with Crippen molar-refractivity contribution in [2.45, 2.75) is 72.0 Å². The van der Waals surface area contributed by atoms with Gasteiger partial charge in [-0.2, -0.15) is 0 Å². The molecule has 96 valence electrons. The molecule has 1 saturated heterocycles. The zero-order valence-corrected chi connectivity index (χ0v) is 11.8. The highest BCUT2D eigenvalue weighted by atomic mass is 15.2. The van der Waals surface area contributed by atoms with Crippen LogP contribution in [0.25, 0.3) is 0 Å². The number of hydrogen-bond acceptors (Lipinski definition) is 2. The van der Waals surface area contributed by atoms with E-state index in [-0.39, 0.29) is 0 Å². The summed E-state index contributed by atoms with van der Waals surface area (Å²) >= 11 is 0. The summed E-state index contributed by atoms with van der Waals surface area (Å²) in [6.07, 6.45) is 3.91. The van der Waals surface area contributed by atoms with Crippen LogP contribution in [0.3, 0.4) is 0 Å². The first-order valence-electron chi connectivity index (χ1n) is 7.08. The van der Waals surface area contributed by atoms with Crippen molar-refractivity contribution in [1.82, 2.24) is 10.2 Å². The standard InChI is InChI=1S/C14H30N2/c1-6-11(3)13(5)15-14-8-9-16(7-2)12(4)10-14/h11-15H,6-10H2,1-5H3. The van der Waals surface area contributed by atoms with Crippen molar-refractivity contribution in [1.29, 1.82) is 0 Å². The Hall–Kier alpha value is -0.0800. The van der Waals surface area contributed by atoms with Gasteiger partial charge in [-0.15, -0.1) is 0 Å². The van der Waals surface area contributed by atoms with Crippen LogP contribution < -0.4 is 5.32 Å². The van der Waals surface area contributed by atoms with Gasteiger partial charge in [0.25, 0.3) is 0 Å². The summed E-state index contributed by atoms with van der Waals surface area (Å²) in [7, 11) is 0. The van der Waals surface area contributed by atoms with Gasteiger partial charge in [-0.1, -0.05) is 27.2 Å². The number of nitrogens with one attached hydrogen (secondary N) is 1. The highest BCUT2D eigenvalue weighted by Crippen LogP contribution is 2.18. The molecule has 2 heteroatoms. The average molecular weight is 226 g/mol. The van der Waals surface area contributed by atoms with Gasteiger partial charge in [0.2, 0.25) is 0 Å². The van der Waals surface area contributed by atoms with Crippen molar-refractivity contribution in [3.63, 3.8) is 0 Å². The molecule has 1 aliphatic rings. The van der Waals surface area contributed by atoms with E-state index in [1.165, 1.54) is 32.4 Å². The van der Waals surface area contributed by atoms with E-state index in [4.69, 9.17) is 0 Å². The molecule has 0 saturated carbocycles. The summed E-state index contributed by atoms with van der Waals surface area (Å²) in [6.45, 7) is 14.1. The largest absolute Gasteiger partial charge is 0.311 e. The predicted molar refractivity (Wildman–Crippen MR) is 71.8 cm³/mol. The summed E-state index contributed by atoms with van der Waals surface area (Å²) in [5.74, 6) is 0.791. The molecule has 4 atom stereocenters. The van der Waals surface area contributed by atoms with E-state index in [9.17, 15) is 0 Å². The third-order valence-corrected chi connectivity index (χ3v) is 4.42. The zero-order valence-electron chi connectivity index (χ0n) is 11.8. The Bertz CT molecular complexity index is 193. The molecule has 1 rings (SSSR count). The molecule has 4 unspecified atom stereocenters. The van der Waals surface area contributed by atoms with E-state index in [0.29, 0.717) is 6.04 Å². The zero-order chi connectivity index (χ0) is 12.1. The van der Waals surface area contributed by atoms with Gasteiger partial charge in [-0.25, -0.2) is 0 Å². The second-order valence-electron chi connectivity index (χ2n) is 5.54. The van der Waals surface area contributed by atoms with Crippen LogP contribution in [0.4, 0.5) is 0 Å². The van der Waals surface area contributed by atoms with E-state index < -0.39 is 0 Å². The Labute approximate surface area is 102 Å². The van der Waals surface area contributed by atoms with Crippen LogP contribution in [0.2, 0.25) is 0 Å². The predicted octanol–water partition coefficient (Wildman–Crippen LogP) is 2.88. The second-order valence-corrected chi connectivity index (χ2v) is 5.54. The molecule has 0 amide bonds. The Balaban J connectivity index is 2.35. The highest BCUT2D eigenvalue weighted by Gasteiger charge is 2.25. The fourth-order valence-electron chi connectivity index (χ4n) is 2.73. The molecule has 0 aliphatic carbocycles. The molecular weight excluding hydrogens is 196 g/mol. The van der Waals surface area contributed by atoms with Gasteiger partial charge in [0, 0.05) is 18.1 Å². The van der Waals surface area contributed by atoms with E-state index in [1.54, 1.807) is 0 Å². The monoisotopic (exact) mass is 226 g/mol. The van der Waals surface area contributed by atoms with Gasteiger partial charge in [-0.05, 0) is 45.7 Å². The molecular formula is C14H30N2. The lowest BCUT2D eigenvalue weighted by atomic mass is 9.94. The maximum atomic E-state index is 3.82. The maximum Gasteiger partial charge on any atom is 0.00966 e. The Morgan fingerprint density at radius 3 is 2.50 bits per heavy atom. The van der Waals surface area contributed by atoms with Gasteiger partial charge >= 0.3 is 0 Å². The van der Waals surface area contributed by atoms with Crippen molar-refractivity contribution < 1.29 is 0 Å². The molecule has 1 N–H and O–H groups in total. The summed E-state index contributed by atoms with van der Waals surface area (Å²) in [5.41, 5.74) is 0. The third-order valence-electron chi connectivity index (χ3n) is 4.42. The third kappa shape index (κ3) is 3.74. The number of nitrogens with zero attached hydrogens (tertiary/aromatic N) is 1. The van der Waals surface area contributed by atoms with Crippen molar-refractivity contribution in [3.8, 4) is 0 Å². The average Bonchev–Trinajstić information content (AvgIpc) is 2.28. The molecule has 2 nitrogen and oxygen atoms in total. The SMILES string of the molecule is CCC(C)C(C)NC1CCN(CC)C(C)C1. The van der Waals surface area contributed by atoms with E-state index in [0.717, 1.165) is 18.0 Å². The van der Waals surface area contributed by atoms with E-state index in [1.807, 2.05) is 0 Å². The molecule has 0 aromatic heterocycles. The highest BCUT2D eigenvalue weighted by molar-refractivity contribution is 4.84. The molecule has 0 spiro atoms. The summed E-state index contributed by atoms with van der Waals surface area (Å²) in [6, 6.07) is 2.15. The van der Waals surface area contributed by atoms with E-state index >= 15 is 0 Å².